The highest BCUT2D eigenvalue weighted by molar-refractivity contribution is 8.25. The summed E-state index contributed by atoms with van der Waals surface area (Å²) in [5, 5.41) is 0.230. The minimum absolute atomic E-state index is 0.230. The third-order valence-electron chi connectivity index (χ3n) is 1.95. The number of hydrogen-bond donors (Lipinski definition) is 0. The van der Waals surface area contributed by atoms with Crippen molar-refractivity contribution in [3.8, 4) is 0 Å². The maximum absolute atomic E-state index is 12.6. The van der Waals surface area contributed by atoms with Crippen molar-refractivity contribution in [1.29, 1.82) is 0 Å². The molecule has 0 aromatic heterocycles. The molecule has 0 N–H and O–H groups in total. The van der Waals surface area contributed by atoms with Crippen LogP contribution in [0.15, 0.2) is 9.55 Å². The summed E-state index contributed by atoms with van der Waals surface area (Å²) in [7, 11) is -3.45. The van der Waals surface area contributed by atoms with E-state index in [0.717, 1.165) is 15.7 Å². The van der Waals surface area contributed by atoms with Gasteiger partial charge in [-0.05, 0) is 20.8 Å². The number of allylic oxidation sites excluding steroid dienone is 1. The molecule has 0 aliphatic carbocycles. The van der Waals surface area contributed by atoms with Gasteiger partial charge in [0.1, 0.15) is 5.31 Å². The highest BCUT2D eigenvalue weighted by Crippen LogP contribution is 2.61. The Morgan fingerprint density at radius 2 is 1.71 bits per heavy atom. The molecule has 17 heavy (non-hydrogen) atoms. The van der Waals surface area contributed by atoms with Gasteiger partial charge in [0.25, 0.3) is 0 Å². The van der Waals surface area contributed by atoms with E-state index in [-0.39, 0.29) is 24.3 Å². The van der Waals surface area contributed by atoms with Crippen LogP contribution >= 0.6 is 31.1 Å². The molecule has 1 heterocycles. The fourth-order valence-electron chi connectivity index (χ4n) is 1.40. The van der Waals surface area contributed by atoms with Crippen molar-refractivity contribution in [2.24, 2.45) is 0 Å². The molecule has 0 radical (unpaired) electrons. The van der Waals surface area contributed by atoms with E-state index < -0.39 is 7.60 Å². The average molecular weight is 296 g/mol. The summed E-state index contributed by atoms with van der Waals surface area (Å²) in [4.78, 5) is 11.7. The number of hydrogen-bond acceptors (Lipinski definition) is 6. The van der Waals surface area contributed by atoms with Gasteiger partial charge in [-0.25, -0.2) is 0 Å². The zero-order valence-corrected chi connectivity index (χ0v) is 12.8. The number of carbonyl (C=O) groups excluding carboxylic acids is 1. The van der Waals surface area contributed by atoms with Gasteiger partial charge in [0.2, 0.25) is 0 Å². The summed E-state index contributed by atoms with van der Waals surface area (Å²) in [5.74, 6) is 1.62. The van der Waals surface area contributed by atoms with Crippen molar-refractivity contribution in [2.45, 2.75) is 20.8 Å². The van der Waals surface area contributed by atoms with E-state index >= 15 is 0 Å². The van der Waals surface area contributed by atoms with Gasteiger partial charge in [-0.2, -0.15) is 0 Å². The molecule has 0 atom stereocenters. The van der Waals surface area contributed by atoms with Crippen LogP contribution in [0.4, 0.5) is 0 Å². The quantitative estimate of drug-likeness (QED) is 0.552. The molecule has 0 amide bonds. The Hall–Kier alpha value is 0.260. The molecule has 0 aromatic carbocycles. The predicted molar refractivity (Wildman–Crippen MR) is 73.5 cm³/mol. The standard InChI is InChI=1S/C10H17O4PS2/c1-4-13-15(12,14-5-2)9(8(3)11)10-16-6-7-17-10/h4-7H2,1-3H3. The molecule has 0 spiro atoms. The normalized spacial score (nSPS) is 16.3. The van der Waals surface area contributed by atoms with E-state index in [9.17, 15) is 9.36 Å². The highest BCUT2D eigenvalue weighted by Gasteiger charge is 2.37. The number of Topliss-reactive ketones (excluding diaryl/α,β-unsaturated/α-hetero) is 1. The molecule has 1 rings (SSSR count). The summed E-state index contributed by atoms with van der Waals surface area (Å²) in [6, 6.07) is 0. The molecule has 1 saturated heterocycles. The van der Waals surface area contributed by atoms with E-state index in [4.69, 9.17) is 9.05 Å². The second-order valence-corrected chi connectivity index (χ2v) is 7.65. The van der Waals surface area contributed by atoms with Gasteiger partial charge in [-0.3, -0.25) is 9.36 Å². The molecule has 0 bridgehead atoms. The molecule has 1 aliphatic heterocycles. The van der Waals surface area contributed by atoms with Gasteiger partial charge in [-0.15, -0.1) is 23.5 Å². The number of ketones is 1. The smallest absolute Gasteiger partial charge is 0.305 e. The molecule has 0 unspecified atom stereocenters. The van der Waals surface area contributed by atoms with E-state index in [0.29, 0.717) is 0 Å². The molecular formula is C10H17O4PS2. The third-order valence-corrected chi connectivity index (χ3v) is 7.25. The van der Waals surface area contributed by atoms with Gasteiger partial charge in [0, 0.05) is 11.5 Å². The lowest BCUT2D eigenvalue weighted by molar-refractivity contribution is -0.113. The lowest BCUT2D eigenvalue weighted by Gasteiger charge is -2.19. The Bertz CT molecular complexity index is 349. The van der Waals surface area contributed by atoms with Crippen molar-refractivity contribution < 1.29 is 18.4 Å². The SMILES string of the molecule is CCOP(=O)(OCC)C(C(C)=O)=C1SCCS1. The molecule has 0 saturated carbocycles. The first-order valence-corrected chi connectivity index (χ1v) is 8.97. The molecule has 4 nitrogen and oxygen atoms in total. The molecule has 0 aromatic rings. The fraction of sp³-hybridized carbons (Fsp3) is 0.700. The van der Waals surface area contributed by atoms with Gasteiger partial charge in [0.15, 0.2) is 5.78 Å². The number of carbonyl (C=O) groups is 1. The van der Waals surface area contributed by atoms with Crippen molar-refractivity contribution in [3.05, 3.63) is 9.55 Å². The van der Waals surface area contributed by atoms with Crippen LogP contribution in [0.1, 0.15) is 20.8 Å². The van der Waals surface area contributed by atoms with Crippen LogP contribution in [0.2, 0.25) is 0 Å². The van der Waals surface area contributed by atoms with Crippen molar-refractivity contribution in [2.75, 3.05) is 24.7 Å². The second-order valence-electron chi connectivity index (χ2n) is 3.22. The molecule has 1 aliphatic rings. The summed E-state index contributed by atoms with van der Waals surface area (Å²) >= 11 is 3.09. The Morgan fingerprint density at radius 3 is 2.06 bits per heavy atom. The maximum atomic E-state index is 12.6. The largest absolute Gasteiger partial charge is 0.366 e. The average Bonchev–Trinajstić information content (AvgIpc) is 2.70. The Kier molecular flexibility index (Phi) is 6.31. The topological polar surface area (TPSA) is 52.6 Å². The first-order valence-electron chi connectivity index (χ1n) is 5.45. The maximum Gasteiger partial charge on any atom is 0.366 e. The van der Waals surface area contributed by atoms with Gasteiger partial charge >= 0.3 is 7.60 Å². The lowest BCUT2D eigenvalue weighted by Crippen LogP contribution is -2.06. The van der Waals surface area contributed by atoms with Crippen LogP contribution in [0.25, 0.3) is 0 Å². The van der Waals surface area contributed by atoms with Crippen LogP contribution in [-0.2, 0) is 18.4 Å². The zero-order chi connectivity index (χ0) is 12.9. The minimum Gasteiger partial charge on any atom is -0.305 e. The summed E-state index contributed by atoms with van der Waals surface area (Å²) in [6.07, 6.45) is 0. The molecule has 7 heteroatoms. The zero-order valence-electron chi connectivity index (χ0n) is 10.2. The van der Waals surface area contributed by atoms with Gasteiger partial charge in [0.05, 0.1) is 17.5 Å². The number of rotatable bonds is 6. The van der Waals surface area contributed by atoms with Crippen molar-refractivity contribution in [3.63, 3.8) is 0 Å². The summed E-state index contributed by atoms with van der Waals surface area (Å²) in [6.45, 7) is 5.41. The molecule has 98 valence electrons. The monoisotopic (exact) mass is 296 g/mol. The van der Waals surface area contributed by atoms with Crippen molar-refractivity contribution >= 4 is 36.9 Å². The predicted octanol–water partition coefficient (Wildman–Crippen LogP) is 3.49. The highest BCUT2D eigenvalue weighted by atomic mass is 32.2. The van der Waals surface area contributed by atoms with Crippen LogP contribution in [-0.4, -0.2) is 30.5 Å². The van der Waals surface area contributed by atoms with E-state index in [1.54, 1.807) is 37.4 Å². The Morgan fingerprint density at radius 1 is 1.24 bits per heavy atom. The minimum atomic E-state index is -3.45. The second kappa shape index (κ2) is 7.00. The van der Waals surface area contributed by atoms with E-state index in [1.807, 2.05) is 0 Å². The Labute approximate surface area is 110 Å². The first-order chi connectivity index (χ1) is 8.05. The van der Waals surface area contributed by atoms with Crippen LogP contribution < -0.4 is 0 Å². The molecule has 1 fully saturated rings. The summed E-state index contributed by atoms with van der Waals surface area (Å²) < 4.78 is 23.9. The van der Waals surface area contributed by atoms with E-state index in [2.05, 4.69) is 0 Å². The van der Waals surface area contributed by atoms with Crippen LogP contribution in [0.3, 0.4) is 0 Å². The lowest BCUT2D eigenvalue weighted by atomic mass is 10.4. The van der Waals surface area contributed by atoms with E-state index in [1.165, 1.54) is 6.92 Å². The number of thioether (sulfide) groups is 2. The Balaban J connectivity index is 3.14. The van der Waals surface area contributed by atoms with Gasteiger partial charge in [-0.1, -0.05) is 0 Å². The van der Waals surface area contributed by atoms with Crippen LogP contribution in [0, 0.1) is 0 Å². The van der Waals surface area contributed by atoms with Crippen molar-refractivity contribution in [1.82, 2.24) is 0 Å². The van der Waals surface area contributed by atoms with Crippen LogP contribution in [0.5, 0.6) is 0 Å². The molecular weight excluding hydrogens is 279 g/mol. The fourth-order valence-corrected chi connectivity index (χ4v) is 6.51. The van der Waals surface area contributed by atoms with Gasteiger partial charge < -0.3 is 9.05 Å². The summed E-state index contributed by atoms with van der Waals surface area (Å²) in [5.41, 5.74) is 0. The third kappa shape index (κ3) is 3.86. The first kappa shape index (κ1) is 15.3.